The summed E-state index contributed by atoms with van der Waals surface area (Å²) in [6, 6.07) is 5.27. The van der Waals surface area contributed by atoms with Crippen LogP contribution >= 0.6 is 0 Å². The van der Waals surface area contributed by atoms with Crippen LogP contribution in [0.1, 0.15) is 31.2 Å². The summed E-state index contributed by atoms with van der Waals surface area (Å²) in [5.74, 6) is 0.532. The van der Waals surface area contributed by atoms with Crippen LogP contribution in [0.4, 0.5) is 11.4 Å². The molecule has 0 aliphatic heterocycles. The Morgan fingerprint density at radius 2 is 2.16 bits per heavy atom. The third-order valence-electron chi connectivity index (χ3n) is 4.00. The number of para-hydroxylation sites is 1. The second-order valence-corrected chi connectivity index (χ2v) is 5.26. The molecule has 104 valence electrons. The van der Waals surface area contributed by atoms with Gasteiger partial charge in [0.05, 0.1) is 4.92 Å². The molecule has 19 heavy (non-hydrogen) atoms. The van der Waals surface area contributed by atoms with Crippen LogP contribution < -0.4 is 11.1 Å². The molecule has 2 rings (SSSR count). The number of nitrogens with two attached hydrogens (primary N) is 1. The van der Waals surface area contributed by atoms with Gasteiger partial charge >= 0.3 is 0 Å². The average Bonchev–Trinajstić information content (AvgIpc) is 2.90. The Balaban J connectivity index is 2.23. The van der Waals surface area contributed by atoms with Crippen molar-refractivity contribution in [2.45, 2.75) is 38.6 Å². The van der Waals surface area contributed by atoms with Crippen LogP contribution in [0, 0.1) is 23.0 Å². The normalized spacial score (nSPS) is 17.4. The fourth-order valence-electron chi connectivity index (χ4n) is 2.91. The highest BCUT2D eigenvalue weighted by Crippen LogP contribution is 2.33. The van der Waals surface area contributed by atoms with E-state index in [1.807, 2.05) is 13.0 Å². The lowest BCUT2D eigenvalue weighted by atomic mass is 9.97. The molecule has 0 heterocycles. The van der Waals surface area contributed by atoms with E-state index >= 15 is 0 Å². The molecule has 0 amide bonds. The number of hydrogen-bond acceptors (Lipinski definition) is 4. The van der Waals surface area contributed by atoms with Crippen LogP contribution in [0.3, 0.4) is 0 Å². The number of nitrogens with zero attached hydrogens (tertiary/aromatic N) is 1. The maximum Gasteiger partial charge on any atom is 0.292 e. The zero-order chi connectivity index (χ0) is 13.8. The van der Waals surface area contributed by atoms with E-state index in [9.17, 15) is 10.1 Å². The van der Waals surface area contributed by atoms with Gasteiger partial charge in [0.25, 0.3) is 5.69 Å². The summed E-state index contributed by atoms with van der Waals surface area (Å²) >= 11 is 0. The lowest BCUT2D eigenvalue weighted by molar-refractivity contribution is -0.384. The zero-order valence-electron chi connectivity index (χ0n) is 11.3. The molecule has 1 aliphatic carbocycles. The highest BCUT2D eigenvalue weighted by Gasteiger charge is 2.26. The van der Waals surface area contributed by atoms with Gasteiger partial charge in [-0.05, 0) is 31.2 Å². The van der Waals surface area contributed by atoms with Crippen molar-refractivity contribution in [1.29, 1.82) is 0 Å². The lowest BCUT2D eigenvalue weighted by Crippen LogP contribution is -2.35. The van der Waals surface area contributed by atoms with Crippen LogP contribution in [-0.2, 0) is 0 Å². The number of benzene rings is 1. The van der Waals surface area contributed by atoms with E-state index in [1.54, 1.807) is 6.07 Å². The topological polar surface area (TPSA) is 81.2 Å². The van der Waals surface area contributed by atoms with E-state index < -0.39 is 0 Å². The Bertz CT molecular complexity index is 456. The van der Waals surface area contributed by atoms with Crippen molar-refractivity contribution in [2.75, 3.05) is 11.9 Å². The summed E-state index contributed by atoms with van der Waals surface area (Å²) in [4.78, 5) is 10.8. The summed E-state index contributed by atoms with van der Waals surface area (Å²) in [6.07, 6.45) is 4.79. The van der Waals surface area contributed by atoms with Crippen molar-refractivity contribution >= 4 is 11.4 Å². The Morgan fingerprint density at radius 3 is 2.74 bits per heavy atom. The molecule has 1 saturated carbocycles. The number of nitro benzene ring substituents is 1. The van der Waals surface area contributed by atoms with Gasteiger partial charge in [0, 0.05) is 18.7 Å². The Hall–Kier alpha value is -1.62. The molecule has 1 fully saturated rings. The summed E-state index contributed by atoms with van der Waals surface area (Å²) in [7, 11) is 0. The standard InChI is InChI=1S/C14H21N3O2/c1-10-5-4-8-13(17(18)19)14(10)16-12(9-15)11-6-2-3-7-11/h4-5,8,11-12,16H,2-3,6-7,9,15H2,1H3. The molecular formula is C14H21N3O2. The predicted octanol–water partition coefficient (Wildman–Crippen LogP) is 2.83. The summed E-state index contributed by atoms with van der Waals surface area (Å²) in [5.41, 5.74) is 7.49. The molecular weight excluding hydrogens is 242 g/mol. The molecule has 1 aromatic rings. The Kier molecular flexibility index (Phi) is 4.37. The lowest BCUT2D eigenvalue weighted by Gasteiger charge is -2.25. The minimum absolute atomic E-state index is 0.127. The monoisotopic (exact) mass is 263 g/mol. The molecule has 0 saturated heterocycles. The summed E-state index contributed by atoms with van der Waals surface area (Å²) in [6.45, 7) is 2.40. The highest BCUT2D eigenvalue weighted by molar-refractivity contribution is 5.66. The molecule has 1 unspecified atom stereocenters. The third kappa shape index (κ3) is 3.04. The number of anilines is 1. The van der Waals surface area contributed by atoms with E-state index in [2.05, 4.69) is 5.32 Å². The van der Waals surface area contributed by atoms with Crippen LogP contribution in [0.15, 0.2) is 18.2 Å². The molecule has 5 nitrogen and oxygen atoms in total. The average molecular weight is 263 g/mol. The quantitative estimate of drug-likeness (QED) is 0.632. The van der Waals surface area contributed by atoms with Gasteiger partial charge in [0.2, 0.25) is 0 Å². The van der Waals surface area contributed by atoms with Gasteiger partial charge in [0.15, 0.2) is 0 Å². The smallest absolute Gasteiger partial charge is 0.292 e. The van der Waals surface area contributed by atoms with Crippen molar-refractivity contribution in [1.82, 2.24) is 0 Å². The number of aryl methyl sites for hydroxylation is 1. The van der Waals surface area contributed by atoms with E-state index in [4.69, 9.17) is 5.73 Å². The number of hydrogen-bond donors (Lipinski definition) is 2. The van der Waals surface area contributed by atoms with Gasteiger partial charge in [-0.1, -0.05) is 25.0 Å². The molecule has 0 radical (unpaired) electrons. The molecule has 5 heteroatoms. The second kappa shape index (κ2) is 6.02. The molecule has 1 aromatic carbocycles. The van der Waals surface area contributed by atoms with Crippen LogP contribution in [-0.4, -0.2) is 17.5 Å². The van der Waals surface area contributed by atoms with Crippen LogP contribution in [0.5, 0.6) is 0 Å². The first-order valence-electron chi connectivity index (χ1n) is 6.84. The van der Waals surface area contributed by atoms with E-state index in [-0.39, 0.29) is 16.7 Å². The van der Waals surface area contributed by atoms with Gasteiger partial charge in [-0.2, -0.15) is 0 Å². The Morgan fingerprint density at radius 1 is 1.47 bits per heavy atom. The van der Waals surface area contributed by atoms with Gasteiger partial charge in [-0.15, -0.1) is 0 Å². The largest absolute Gasteiger partial charge is 0.375 e. The van der Waals surface area contributed by atoms with Crippen LogP contribution in [0.25, 0.3) is 0 Å². The van der Waals surface area contributed by atoms with Crippen molar-refractivity contribution in [2.24, 2.45) is 11.7 Å². The first-order valence-corrected chi connectivity index (χ1v) is 6.84. The number of nitro groups is 1. The van der Waals surface area contributed by atoms with Crippen molar-refractivity contribution in [3.05, 3.63) is 33.9 Å². The summed E-state index contributed by atoms with van der Waals surface area (Å²) < 4.78 is 0. The SMILES string of the molecule is Cc1cccc([N+](=O)[O-])c1NC(CN)C1CCCC1. The summed E-state index contributed by atoms with van der Waals surface area (Å²) in [5, 5.41) is 14.4. The van der Waals surface area contributed by atoms with E-state index in [1.165, 1.54) is 18.9 Å². The van der Waals surface area contributed by atoms with E-state index in [0.717, 1.165) is 18.4 Å². The molecule has 0 spiro atoms. The van der Waals surface area contributed by atoms with Gasteiger partial charge < -0.3 is 11.1 Å². The van der Waals surface area contributed by atoms with Crippen LogP contribution in [0.2, 0.25) is 0 Å². The second-order valence-electron chi connectivity index (χ2n) is 5.26. The van der Waals surface area contributed by atoms with Crippen molar-refractivity contribution in [3.63, 3.8) is 0 Å². The fraction of sp³-hybridized carbons (Fsp3) is 0.571. The van der Waals surface area contributed by atoms with E-state index in [0.29, 0.717) is 18.2 Å². The van der Waals surface area contributed by atoms with Crippen molar-refractivity contribution < 1.29 is 4.92 Å². The zero-order valence-corrected chi connectivity index (χ0v) is 11.3. The van der Waals surface area contributed by atoms with Gasteiger partial charge in [-0.25, -0.2) is 0 Å². The minimum atomic E-state index is -0.336. The maximum absolute atomic E-state index is 11.1. The molecule has 3 N–H and O–H groups in total. The minimum Gasteiger partial charge on any atom is -0.375 e. The molecule has 1 aliphatic rings. The predicted molar refractivity (Wildman–Crippen MR) is 76.3 cm³/mol. The highest BCUT2D eigenvalue weighted by atomic mass is 16.6. The number of nitrogens with one attached hydrogen (secondary N) is 1. The maximum atomic E-state index is 11.1. The first kappa shape index (κ1) is 13.8. The number of rotatable bonds is 5. The molecule has 0 bridgehead atoms. The van der Waals surface area contributed by atoms with Gasteiger partial charge in [0.1, 0.15) is 5.69 Å². The Labute approximate surface area is 113 Å². The fourth-order valence-corrected chi connectivity index (χ4v) is 2.91. The molecule has 1 atom stereocenters. The molecule has 0 aromatic heterocycles. The third-order valence-corrected chi connectivity index (χ3v) is 4.00. The van der Waals surface area contributed by atoms with Gasteiger partial charge in [-0.3, -0.25) is 10.1 Å². The van der Waals surface area contributed by atoms with Crippen molar-refractivity contribution in [3.8, 4) is 0 Å². The first-order chi connectivity index (χ1) is 9.13.